The number of amides is 2. The quantitative estimate of drug-likeness (QED) is 0.471. The zero-order valence-corrected chi connectivity index (χ0v) is 18.1. The Morgan fingerprint density at radius 3 is 2.32 bits per heavy atom. The van der Waals surface area contributed by atoms with E-state index in [0.717, 1.165) is 21.3 Å². The molecule has 0 saturated carbocycles. The molecule has 7 heteroatoms. The van der Waals surface area contributed by atoms with Gasteiger partial charge in [-0.25, -0.2) is 0 Å². The van der Waals surface area contributed by atoms with Gasteiger partial charge in [-0.3, -0.25) is 9.59 Å². The van der Waals surface area contributed by atoms with Crippen molar-refractivity contribution in [2.24, 2.45) is 0 Å². The normalized spacial score (nSPS) is 10.6. The first-order valence-electron chi connectivity index (χ1n) is 9.81. The molecule has 4 aromatic rings. The minimum absolute atomic E-state index is 0.167. The number of nitrogens with zero attached hydrogens (tertiary/aromatic N) is 2. The third kappa shape index (κ3) is 4.73. The number of rotatable bonds is 6. The van der Waals surface area contributed by atoms with Crippen molar-refractivity contribution in [3.63, 3.8) is 0 Å². The lowest BCUT2D eigenvalue weighted by Crippen LogP contribution is -2.22. The molecule has 1 heterocycles. The first-order valence-corrected chi connectivity index (χ1v) is 10.6. The largest absolute Gasteiger partial charge is 0.378 e. The molecule has 3 aromatic carbocycles. The van der Waals surface area contributed by atoms with Crippen molar-refractivity contribution in [3.05, 3.63) is 89.6 Å². The molecule has 0 saturated heterocycles. The summed E-state index contributed by atoms with van der Waals surface area (Å²) in [5.74, 6) is -0.434. The standard InChI is InChI=1S/C24H22N4O2S/c1-28(2)19-13-7-16(8-14-19)15-25-23(29)17-9-11-18(12-10-17)26-24(30)22-20-5-3-4-6-21(20)31-27-22/h3-14H,15H2,1-2H3,(H,25,29)(H,26,30). The first kappa shape index (κ1) is 20.6. The summed E-state index contributed by atoms with van der Waals surface area (Å²) in [6.45, 7) is 0.446. The van der Waals surface area contributed by atoms with Gasteiger partial charge in [0.15, 0.2) is 0 Å². The molecule has 0 bridgehead atoms. The first-order chi connectivity index (χ1) is 15.0. The van der Waals surface area contributed by atoms with Crippen LogP contribution in [0.4, 0.5) is 11.4 Å². The fourth-order valence-corrected chi connectivity index (χ4v) is 3.91. The minimum Gasteiger partial charge on any atom is -0.378 e. The Balaban J connectivity index is 1.36. The summed E-state index contributed by atoms with van der Waals surface area (Å²) < 4.78 is 5.24. The number of aromatic nitrogens is 1. The highest BCUT2D eigenvalue weighted by Gasteiger charge is 2.14. The molecular weight excluding hydrogens is 408 g/mol. The lowest BCUT2D eigenvalue weighted by molar-refractivity contribution is 0.0950. The lowest BCUT2D eigenvalue weighted by Gasteiger charge is -2.13. The van der Waals surface area contributed by atoms with Crippen molar-refractivity contribution in [3.8, 4) is 0 Å². The van der Waals surface area contributed by atoms with E-state index in [2.05, 4.69) is 15.0 Å². The van der Waals surface area contributed by atoms with E-state index in [1.54, 1.807) is 24.3 Å². The van der Waals surface area contributed by atoms with E-state index in [-0.39, 0.29) is 11.8 Å². The third-order valence-corrected chi connectivity index (χ3v) is 5.73. The maximum Gasteiger partial charge on any atom is 0.276 e. The number of carbonyl (C=O) groups excluding carboxylic acids is 2. The van der Waals surface area contributed by atoms with E-state index in [1.807, 2.05) is 67.5 Å². The zero-order valence-electron chi connectivity index (χ0n) is 17.3. The van der Waals surface area contributed by atoms with Crippen LogP contribution in [-0.4, -0.2) is 30.3 Å². The van der Waals surface area contributed by atoms with Crippen molar-refractivity contribution in [2.45, 2.75) is 6.54 Å². The van der Waals surface area contributed by atoms with Crippen LogP contribution in [0, 0.1) is 0 Å². The number of hydrogen-bond donors (Lipinski definition) is 2. The van der Waals surface area contributed by atoms with Gasteiger partial charge >= 0.3 is 0 Å². The van der Waals surface area contributed by atoms with Gasteiger partial charge in [-0.2, -0.15) is 4.37 Å². The number of fused-ring (bicyclic) bond motifs is 1. The highest BCUT2D eigenvalue weighted by atomic mass is 32.1. The molecule has 156 valence electrons. The van der Waals surface area contributed by atoms with Crippen molar-refractivity contribution in [1.82, 2.24) is 9.69 Å². The monoisotopic (exact) mass is 430 g/mol. The molecule has 6 nitrogen and oxygen atoms in total. The average molecular weight is 431 g/mol. The number of anilines is 2. The van der Waals surface area contributed by atoms with Gasteiger partial charge in [0.05, 0.1) is 4.70 Å². The fraction of sp³-hybridized carbons (Fsp3) is 0.125. The summed E-state index contributed by atoms with van der Waals surface area (Å²) in [5.41, 5.74) is 3.68. The molecule has 0 aliphatic heterocycles. The highest BCUT2D eigenvalue weighted by Crippen LogP contribution is 2.23. The second-order valence-electron chi connectivity index (χ2n) is 7.30. The predicted molar refractivity (Wildman–Crippen MR) is 126 cm³/mol. The van der Waals surface area contributed by atoms with Crippen molar-refractivity contribution >= 4 is 44.8 Å². The molecule has 0 fully saturated rings. The molecule has 2 N–H and O–H groups in total. The van der Waals surface area contributed by atoms with Gasteiger partial charge in [-0.15, -0.1) is 0 Å². The molecule has 0 spiro atoms. The Hall–Kier alpha value is -3.71. The molecular formula is C24H22N4O2S. The highest BCUT2D eigenvalue weighted by molar-refractivity contribution is 7.13. The second kappa shape index (κ2) is 8.97. The van der Waals surface area contributed by atoms with Crippen LogP contribution >= 0.6 is 11.5 Å². The zero-order chi connectivity index (χ0) is 21.8. The van der Waals surface area contributed by atoms with Crippen LogP contribution in [0.3, 0.4) is 0 Å². The van der Waals surface area contributed by atoms with Crippen LogP contribution in [0.2, 0.25) is 0 Å². The minimum atomic E-state index is -0.268. The van der Waals surface area contributed by atoms with E-state index < -0.39 is 0 Å². The van der Waals surface area contributed by atoms with Gasteiger partial charge in [0.1, 0.15) is 5.69 Å². The summed E-state index contributed by atoms with van der Waals surface area (Å²) in [5, 5.41) is 6.60. The Kier molecular flexibility index (Phi) is 5.95. The van der Waals surface area contributed by atoms with Crippen molar-refractivity contribution in [1.29, 1.82) is 0 Å². The average Bonchev–Trinajstić information content (AvgIpc) is 3.22. The summed E-state index contributed by atoms with van der Waals surface area (Å²) in [6, 6.07) is 22.5. The summed E-state index contributed by atoms with van der Waals surface area (Å²) >= 11 is 1.30. The van der Waals surface area contributed by atoms with E-state index in [9.17, 15) is 9.59 Å². The molecule has 31 heavy (non-hydrogen) atoms. The molecule has 1 aromatic heterocycles. The van der Waals surface area contributed by atoms with Gasteiger partial charge in [0.2, 0.25) is 0 Å². The second-order valence-corrected chi connectivity index (χ2v) is 8.11. The third-order valence-electron chi connectivity index (χ3n) is 4.90. The SMILES string of the molecule is CN(C)c1ccc(CNC(=O)c2ccc(NC(=O)c3nsc4ccccc34)cc2)cc1. The number of nitrogens with one attached hydrogen (secondary N) is 2. The van der Waals surface area contributed by atoms with Gasteiger partial charge in [-0.05, 0) is 59.6 Å². The van der Waals surface area contributed by atoms with Crippen LogP contribution < -0.4 is 15.5 Å². The summed E-state index contributed by atoms with van der Waals surface area (Å²) in [4.78, 5) is 27.1. The molecule has 0 atom stereocenters. The van der Waals surface area contributed by atoms with Gasteiger partial charge in [-0.1, -0.05) is 30.3 Å². The van der Waals surface area contributed by atoms with Crippen LogP contribution in [-0.2, 0) is 6.54 Å². The maximum absolute atomic E-state index is 12.6. The topological polar surface area (TPSA) is 74.3 Å². The van der Waals surface area contributed by atoms with E-state index in [1.165, 1.54) is 11.5 Å². The fourth-order valence-electron chi connectivity index (χ4n) is 3.14. The number of hydrogen-bond acceptors (Lipinski definition) is 5. The van der Waals surface area contributed by atoms with Gasteiger partial charge < -0.3 is 15.5 Å². The van der Waals surface area contributed by atoms with E-state index in [4.69, 9.17) is 0 Å². The molecule has 0 unspecified atom stereocenters. The van der Waals surface area contributed by atoms with Crippen LogP contribution in [0.15, 0.2) is 72.8 Å². The Morgan fingerprint density at radius 2 is 1.61 bits per heavy atom. The molecule has 0 radical (unpaired) electrons. The smallest absolute Gasteiger partial charge is 0.276 e. The van der Waals surface area contributed by atoms with Gasteiger partial charge in [0.25, 0.3) is 11.8 Å². The lowest BCUT2D eigenvalue weighted by atomic mass is 10.1. The number of benzene rings is 3. The van der Waals surface area contributed by atoms with Crippen LogP contribution in [0.25, 0.3) is 10.1 Å². The van der Waals surface area contributed by atoms with Crippen molar-refractivity contribution in [2.75, 3.05) is 24.3 Å². The number of carbonyl (C=O) groups is 2. The van der Waals surface area contributed by atoms with Gasteiger partial charge in [0, 0.05) is 43.0 Å². The Morgan fingerprint density at radius 1 is 0.903 bits per heavy atom. The summed E-state index contributed by atoms with van der Waals surface area (Å²) in [6.07, 6.45) is 0. The predicted octanol–water partition coefficient (Wildman–Crippen LogP) is 4.54. The van der Waals surface area contributed by atoms with Crippen LogP contribution in [0.5, 0.6) is 0 Å². The Bertz CT molecular complexity index is 1210. The molecule has 0 aliphatic rings. The maximum atomic E-state index is 12.6. The van der Waals surface area contributed by atoms with E-state index >= 15 is 0 Å². The van der Waals surface area contributed by atoms with Crippen LogP contribution in [0.1, 0.15) is 26.4 Å². The molecule has 0 aliphatic carbocycles. The molecule has 2 amide bonds. The van der Waals surface area contributed by atoms with Crippen molar-refractivity contribution < 1.29 is 9.59 Å². The molecule has 4 rings (SSSR count). The van der Waals surface area contributed by atoms with E-state index in [0.29, 0.717) is 23.5 Å². The Labute approximate surface area is 184 Å². The summed E-state index contributed by atoms with van der Waals surface area (Å²) in [7, 11) is 3.98.